The minimum absolute atomic E-state index is 0.368. The number of likely N-dealkylation sites (N-methyl/N-ethyl adjacent to an activating group) is 1. The Bertz CT molecular complexity index is 555. The summed E-state index contributed by atoms with van der Waals surface area (Å²) in [5, 5.41) is 4.26. The maximum atomic E-state index is 5.78. The highest BCUT2D eigenvalue weighted by molar-refractivity contribution is 7.80. The molecule has 2 aromatic rings. The number of thiophene rings is 1. The molecule has 0 spiro atoms. The highest BCUT2D eigenvalue weighted by atomic mass is 32.1. The van der Waals surface area contributed by atoms with Gasteiger partial charge in [-0.15, -0.1) is 0 Å². The van der Waals surface area contributed by atoms with Gasteiger partial charge < -0.3 is 10.5 Å². The summed E-state index contributed by atoms with van der Waals surface area (Å²) in [5.74, 6) is 0.754. The van der Waals surface area contributed by atoms with Gasteiger partial charge in [-0.1, -0.05) is 24.4 Å². The lowest BCUT2D eigenvalue weighted by molar-refractivity contribution is 0.233. The second-order valence-electron chi connectivity index (χ2n) is 4.58. The van der Waals surface area contributed by atoms with E-state index in [4.69, 9.17) is 22.7 Å². The molecule has 0 fully saturated rings. The van der Waals surface area contributed by atoms with Crippen LogP contribution in [0.2, 0.25) is 0 Å². The first kappa shape index (κ1) is 15.0. The first-order chi connectivity index (χ1) is 9.66. The van der Waals surface area contributed by atoms with Crippen LogP contribution < -0.4 is 10.5 Å². The lowest BCUT2D eigenvalue weighted by atomic mass is 10.2. The van der Waals surface area contributed by atoms with Crippen LogP contribution in [0.15, 0.2) is 41.1 Å². The van der Waals surface area contributed by atoms with Crippen LogP contribution in [0.3, 0.4) is 0 Å². The van der Waals surface area contributed by atoms with Crippen molar-refractivity contribution in [3.63, 3.8) is 0 Å². The summed E-state index contributed by atoms with van der Waals surface area (Å²) < 4.78 is 5.78. The van der Waals surface area contributed by atoms with Gasteiger partial charge in [-0.3, -0.25) is 4.90 Å². The molecule has 0 atom stereocenters. The van der Waals surface area contributed by atoms with Crippen molar-refractivity contribution >= 4 is 28.5 Å². The maximum absolute atomic E-state index is 5.78. The van der Waals surface area contributed by atoms with Crippen molar-refractivity contribution < 1.29 is 4.74 Å². The number of nitrogens with zero attached hydrogens (tertiary/aromatic N) is 1. The molecule has 5 heteroatoms. The third-order valence-corrected chi connectivity index (χ3v) is 3.87. The predicted octanol–water partition coefficient (Wildman–Crippen LogP) is 2.89. The Morgan fingerprint density at radius 3 is 2.85 bits per heavy atom. The summed E-state index contributed by atoms with van der Waals surface area (Å²) in [6.07, 6.45) is 0. The van der Waals surface area contributed by atoms with Gasteiger partial charge in [-0.25, -0.2) is 0 Å². The molecule has 2 N–H and O–H groups in total. The maximum Gasteiger partial charge on any atom is 0.129 e. The zero-order chi connectivity index (χ0) is 14.4. The summed E-state index contributed by atoms with van der Waals surface area (Å²) in [7, 11) is 2.08. The van der Waals surface area contributed by atoms with E-state index in [1.165, 1.54) is 5.56 Å². The normalized spacial score (nSPS) is 10.7. The van der Waals surface area contributed by atoms with Crippen molar-refractivity contribution in [2.75, 3.05) is 20.2 Å². The van der Waals surface area contributed by atoms with Crippen molar-refractivity contribution in [1.29, 1.82) is 0 Å². The largest absolute Gasteiger partial charge is 0.492 e. The SMILES string of the molecule is CN(CCOc1ccccc1C(N)=S)Cc1ccsc1. The van der Waals surface area contributed by atoms with E-state index in [-0.39, 0.29) is 0 Å². The van der Waals surface area contributed by atoms with E-state index < -0.39 is 0 Å². The summed E-state index contributed by atoms with van der Waals surface area (Å²) in [6.45, 7) is 2.39. The third-order valence-electron chi connectivity index (χ3n) is 2.92. The quantitative estimate of drug-likeness (QED) is 0.798. The molecule has 1 aromatic carbocycles. The van der Waals surface area contributed by atoms with E-state index in [2.05, 4.69) is 28.8 Å². The van der Waals surface area contributed by atoms with E-state index in [1.807, 2.05) is 24.3 Å². The first-order valence-electron chi connectivity index (χ1n) is 6.38. The molecular weight excluding hydrogens is 288 g/mol. The van der Waals surface area contributed by atoms with Gasteiger partial charge in [0.25, 0.3) is 0 Å². The van der Waals surface area contributed by atoms with Gasteiger partial charge in [0.1, 0.15) is 17.3 Å². The second-order valence-corrected chi connectivity index (χ2v) is 5.80. The first-order valence-corrected chi connectivity index (χ1v) is 7.73. The van der Waals surface area contributed by atoms with Gasteiger partial charge in [-0.2, -0.15) is 11.3 Å². The monoisotopic (exact) mass is 306 g/mol. The third kappa shape index (κ3) is 4.30. The Morgan fingerprint density at radius 1 is 1.35 bits per heavy atom. The van der Waals surface area contributed by atoms with E-state index in [0.29, 0.717) is 11.6 Å². The Labute approximate surface area is 129 Å². The molecule has 0 unspecified atom stereocenters. The zero-order valence-electron chi connectivity index (χ0n) is 11.4. The molecule has 20 heavy (non-hydrogen) atoms. The van der Waals surface area contributed by atoms with Crippen LogP contribution in [-0.4, -0.2) is 30.1 Å². The van der Waals surface area contributed by atoms with Crippen LogP contribution in [-0.2, 0) is 6.54 Å². The van der Waals surface area contributed by atoms with Crippen molar-refractivity contribution in [3.05, 3.63) is 52.2 Å². The van der Waals surface area contributed by atoms with Crippen molar-refractivity contribution in [3.8, 4) is 5.75 Å². The fourth-order valence-electron chi connectivity index (χ4n) is 1.88. The van der Waals surface area contributed by atoms with Crippen LogP contribution in [0.25, 0.3) is 0 Å². The van der Waals surface area contributed by atoms with E-state index >= 15 is 0 Å². The molecule has 0 radical (unpaired) electrons. The molecule has 0 saturated heterocycles. The smallest absolute Gasteiger partial charge is 0.129 e. The summed E-state index contributed by atoms with van der Waals surface area (Å²) in [5.41, 5.74) is 7.81. The standard InChI is InChI=1S/C15H18N2OS2/c1-17(10-12-6-9-20-11-12)7-8-18-14-5-3-2-4-13(14)15(16)19/h2-6,9,11H,7-8,10H2,1H3,(H2,16,19). The molecule has 0 bridgehead atoms. The molecule has 0 aliphatic heterocycles. The van der Waals surface area contributed by atoms with Crippen molar-refractivity contribution in [1.82, 2.24) is 4.90 Å². The van der Waals surface area contributed by atoms with E-state index in [9.17, 15) is 0 Å². The number of benzene rings is 1. The number of hydrogen-bond acceptors (Lipinski definition) is 4. The molecule has 0 aliphatic rings. The van der Waals surface area contributed by atoms with Crippen LogP contribution in [0.4, 0.5) is 0 Å². The molecule has 2 rings (SSSR count). The molecule has 1 aromatic heterocycles. The lowest BCUT2D eigenvalue weighted by Crippen LogP contribution is -2.24. The molecule has 106 valence electrons. The summed E-state index contributed by atoms with van der Waals surface area (Å²) in [4.78, 5) is 2.60. The summed E-state index contributed by atoms with van der Waals surface area (Å²) in [6, 6.07) is 9.75. The van der Waals surface area contributed by atoms with Gasteiger partial charge in [0.2, 0.25) is 0 Å². The highest BCUT2D eigenvalue weighted by Gasteiger charge is 2.06. The minimum Gasteiger partial charge on any atom is -0.492 e. The van der Waals surface area contributed by atoms with Crippen LogP contribution in [0.5, 0.6) is 5.75 Å². The number of thiocarbonyl (C=S) groups is 1. The number of ether oxygens (including phenoxy) is 1. The van der Waals surface area contributed by atoms with Gasteiger partial charge in [-0.05, 0) is 41.6 Å². The molecular formula is C15H18N2OS2. The summed E-state index contributed by atoms with van der Waals surface area (Å²) >= 11 is 6.74. The average Bonchev–Trinajstić information content (AvgIpc) is 2.92. The molecule has 0 saturated carbocycles. The molecule has 1 heterocycles. The van der Waals surface area contributed by atoms with Gasteiger partial charge >= 0.3 is 0 Å². The van der Waals surface area contributed by atoms with Crippen molar-refractivity contribution in [2.45, 2.75) is 6.54 Å². The van der Waals surface area contributed by atoms with Gasteiger partial charge in [0.15, 0.2) is 0 Å². The Balaban J connectivity index is 1.82. The Hall–Kier alpha value is -1.43. The van der Waals surface area contributed by atoms with Gasteiger partial charge in [0, 0.05) is 13.1 Å². The van der Waals surface area contributed by atoms with Crippen LogP contribution >= 0.6 is 23.6 Å². The predicted molar refractivity (Wildman–Crippen MR) is 88.5 cm³/mol. The fraction of sp³-hybridized carbons (Fsp3) is 0.267. The Kier molecular flexibility index (Phi) is 5.52. The minimum atomic E-state index is 0.368. The van der Waals surface area contributed by atoms with Crippen LogP contribution in [0, 0.1) is 0 Å². The number of nitrogens with two attached hydrogens (primary N) is 1. The second kappa shape index (κ2) is 7.38. The van der Waals surface area contributed by atoms with Gasteiger partial charge in [0.05, 0.1) is 5.56 Å². The number of rotatable bonds is 7. The Morgan fingerprint density at radius 2 is 2.15 bits per heavy atom. The number of hydrogen-bond donors (Lipinski definition) is 1. The molecule has 0 aliphatic carbocycles. The zero-order valence-corrected chi connectivity index (χ0v) is 13.0. The lowest BCUT2D eigenvalue weighted by Gasteiger charge is -2.17. The average molecular weight is 306 g/mol. The molecule has 3 nitrogen and oxygen atoms in total. The number of para-hydroxylation sites is 1. The van der Waals surface area contributed by atoms with E-state index in [0.717, 1.165) is 24.4 Å². The fourth-order valence-corrected chi connectivity index (χ4v) is 2.71. The van der Waals surface area contributed by atoms with Crippen LogP contribution in [0.1, 0.15) is 11.1 Å². The van der Waals surface area contributed by atoms with Crippen molar-refractivity contribution in [2.24, 2.45) is 5.73 Å². The topological polar surface area (TPSA) is 38.5 Å². The highest BCUT2D eigenvalue weighted by Crippen LogP contribution is 2.17. The molecule has 0 amide bonds. The van der Waals surface area contributed by atoms with E-state index in [1.54, 1.807) is 11.3 Å².